The number of carbonyl (C=O) groups excluding carboxylic acids is 2. The molecule has 1 saturated heterocycles. The Labute approximate surface area is 189 Å². The average Bonchev–Trinajstić information content (AvgIpc) is 3.54. The van der Waals surface area contributed by atoms with Gasteiger partial charge in [0.25, 0.3) is 5.91 Å². The molecular formula is C23H22N4O4S. The van der Waals surface area contributed by atoms with Crippen LogP contribution in [-0.4, -0.2) is 40.2 Å². The molecule has 1 N–H and O–H groups in total. The molecule has 2 aliphatic rings. The van der Waals surface area contributed by atoms with Gasteiger partial charge < -0.3 is 19.7 Å². The number of likely N-dealkylation sites (tertiary alicyclic amines) is 1. The SMILES string of the molecule is Cc1ccc(CC(=O)N2CCC[C@@H]2c2nnc(C(=O)Nc3ccc4c(c3)OCO4)s2)cc1. The molecule has 0 saturated carbocycles. The molecule has 8 nitrogen and oxygen atoms in total. The molecule has 0 spiro atoms. The monoisotopic (exact) mass is 450 g/mol. The molecule has 0 radical (unpaired) electrons. The Morgan fingerprint density at radius 2 is 1.94 bits per heavy atom. The summed E-state index contributed by atoms with van der Waals surface area (Å²) in [6, 6.07) is 13.1. The molecule has 2 amide bonds. The number of aryl methyl sites for hydroxylation is 1. The van der Waals surface area contributed by atoms with Gasteiger partial charge in [-0.2, -0.15) is 0 Å². The van der Waals surface area contributed by atoms with Crippen molar-refractivity contribution in [2.75, 3.05) is 18.7 Å². The standard InChI is InChI=1S/C23H22N4O4S/c1-14-4-6-15(7-5-14)11-20(28)27-10-2-3-17(27)22-25-26-23(32-22)21(29)24-16-8-9-18-19(12-16)31-13-30-18/h4-9,12,17H,2-3,10-11,13H2,1H3,(H,24,29)/t17-/m1/s1. The number of amides is 2. The van der Waals surface area contributed by atoms with Crippen LogP contribution in [0.25, 0.3) is 0 Å². The summed E-state index contributed by atoms with van der Waals surface area (Å²) in [4.78, 5) is 27.5. The average molecular weight is 451 g/mol. The van der Waals surface area contributed by atoms with Crippen LogP contribution >= 0.6 is 11.3 Å². The van der Waals surface area contributed by atoms with Crippen LogP contribution in [-0.2, 0) is 11.2 Å². The molecule has 3 heterocycles. The van der Waals surface area contributed by atoms with Crippen LogP contribution in [0.2, 0.25) is 0 Å². The second kappa shape index (κ2) is 8.58. The molecule has 0 bridgehead atoms. The fourth-order valence-electron chi connectivity index (χ4n) is 3.92. The highest BCUT2D eigenvalue weighted by atomic mass is 32.1. The summed E-state index contributed by atoms with van der Waals surface area (Å²) < 4.78 is 10.6. The van der Waals surface area contributed by atoms with Crippen molar-refractivity contribution in [1.82, 2.24) is 15.1 Å². The lowest BCUT2D eigenvalue weighted by atomic mass is 10.1. The highest BCUT2D eigenvalue weighted by Gasteiger charge is 2.33. The van der Waals surface area contributed by atoms with E-state index in [0.29, 0.717) is 35.2 Å². The summed E-state index contributed by atoms with van der Waals surface area (Å²) in [5.74, 6) is 0.966. The smallest absolute Gasteiger partial charge is 0.286 e. The Hall–Kier alpha value is -3.46. The summed E-state index contributed by atoms with van der Waals surface area (Å²) in [6.45, 7) is 2.89. The van der Waals surface area contributed by atoms with Crippen LogP contribution in [0.3, 0.4) is 0 Å². The number of hydrogen-bond acceptors (Lipinski definition) is 7. The summed E-state index contributed by atoms with van der Waals surface area (Å²) in [5.41, 5.74) is 2.75. The predicted octanol–water partition coefficient (Wildman–Crippen LogP) is 3.73. The first-order chi connectivity index (χ1) is 15.6. The van der Waals surface area contributed by atoms with Crippen LogP contribution in [0.5, 0.6) is 11.5 Å². The quantitative estimate of drug-likeness (QED) is 0.637. The van der Waals surface area contributed by atoms with E-state index in [0.717, 1.165) is 18.4 Å². The van der Waals surface area contributed by atoms with Gasteiger partial charge >= 0.3 is 0 Å². The van der Waals surface area contributed by atoms with Crippen molar-refractivity contribution < 1.29 is 19.1 Å². The van der Waals surface area contributed by atoms with E-state index in [1.54, 1.807) is 18.2 Å². The van der Waals surface area contributed by atoms with Crippen molar-refractivity contribution in [1.29, 1.82) is 0 Å². The van der Waals surface area contributed by atoms with E-state index < -0.39 is 0 Å². The lowest BCUT2D eigenvalue weighted by Gasteiger charge is -2.22. The zero-order valence-corrected chi connectivity index (χ0v) is 18.4. The number of nitrogens with one attached hydrogen (secondary N) is 1. The van der Waals surface area contributed by atoms with Gasteiger partial charge in [0, 0.05) is 18.3 Å². The molecule has 3 aromatic rings. The molecule has 5 rings (SSSR count). The third-order valence-corrected chi connectivity index (χ3v) is 6.62. The molecule has 0 unspecified atom stereocenters. The summed E-state index contributed by atoms with van der Waals surface area (Å²) in [5, 5.41) is 12.1. The van der Waals surface area contributed by atoms with Gasteiger partial charge in [-0.05, 0) is 37.5 Å². The molecular weight excluding hydrogens is 428 g/mol. The second-order valence-electron chi connectivity index (χ2n) is 7.88. The maximum absolute atomic E-state index is 12.9. The van der Waals surface area contributed by atoms with Gasteiger partial charge in [0.15, 0.2) is 11.5 Å². The van der Waals surface area contributed by atoms with Crippen LogP contribution in [0, 0.1) is 6.92 Å². The lowest BCUT2D eigenvalue weighted by Crippen LogP contribution is -2.31. The fraction of sp³-hybridized carbons (Fsp3) is 0.304. The first-order valence-electron chi connectivity index (χ1n) is 10.5. The maximum Gasteiger partial charge on any atom is 0.286 e. The Morgan fingerprint density at radius 3 is 2.78 bits per heavy atom. The minimum atomic E-state index is -0.344. The topological polar surface area (TPSA) is 93.7 Å². The molecule has 2 aliphatic heterocycles. The molecule has 9 heteroatoms. The Bertz CT molecular complexity index is 1160. The molecule has 164 valence electrons. The summed E-state index contributed by atoms with van der Waals surface area (Å²) in [7, 11) is 0. The number of anilines is 1. The highest BCUT2D eigenvalue weighted by molar-refractivity contribution is 7.13. The predicted molar refractivity (Wildman–Crippen MR) is 119 cm³/mol. The molecule has 1 fully saturated rings. The van der Waals surface area contributed by atoms with Crippen LogP contribution in [0.4, 0.5) is 5.69 Å². The van der Waals surface area contributed by atoms with E-state index >= 15 is 0 Å². The normalized spacial score (nSPS) is 16.9. The van der Waals surface area contributed by atoms with Gasteiger partial charge in [-0.1, -0.05) is 41.2 Å². The number of aromatic nitrogens is 2. The third-order valence-electron chi connectivity index (χ3n) is 5.60. The number of nitrogens with zero attached hydrogens (tertiary/aromatic N) is 3. The van der Waals surface area contributed by atoms with E-state index in [1.807, 2.05) is 36.1 Å². The van der Waals surface area contributed by atoms with Crippen molar-refractivity contribution >= 4 is 28.8 Å². The van der Waals surface area contributed by atoms with Gasteiger partial charge in [-0.3, -0.25) is 9.59 Å². The third kappa shape index (κ3) is 4.16. The molecule has 1 aromatic heterocycles. The van der Waals surface area contributed by atoms with Crippen molar-refractivity contribution in [3.63, 3.8) is 0 Å². The molecule has 1 atom stereocenters. The first-order valence-corrected chi connectivity index (χ1v) is 11.3. The minimum Gasteiger partial charge on any atom is -0.454 e. The Morgan fingerprint density at radius 1 is 1.12 bits per heavy atom. The van der Waals surface area contributed by atoms with Crippen molar-refractivity contribution in [2.24, 2.45) is 0 Å². The van der Waals surface area contributed by atoms with Crippen molar-refractivity contribution in [3.05, 3.63) is 63.6 Å². The van der Waals surface area contributed by atoms with E-state index in [1.165, 1.54) is 16.9 Å². The fourth-order valence-corrected chi connectivity index (χ4v) is 4.81. The number of rotatable bonds is 5. The van der Waals surface area contributed by atoms with Crippen molar-refractivity contribution in [3.8, 4) is 11.5 Å². The zero-order valence-electron chi connectivity index (χ0n) is 17.5. The van der Waals surface area contributed by atoms with E-state index in [2.05, 4.69) is 15.5 Å². The number of fused-ring (bicyclic) bond motifs is 1. The van der Waals surface area contributed by atoms with E-state index in [9.17, 15) is 9.59 Å². The zero-order chi connectivity index (χ0) is 22.1. The Balaban J connectivity index is 1.26. The molecule has 32 heavy (non-hydrogen) atoms. The van der Waals surface area contributed by atoms with Gasteiger partial charge in [0.05, 0.1) is 12.5 Å². The number of benzene rings is 2. The van der Waals surface area contributed by atoms with Gasteiger partial charge in [-0.15, -0.1) is 10.2 Å². The van der Waals surface area contributed by atoms with Gasteiger partial charge in [0.1, 0.15) is 5.01 Å². The first kappa shape index (κ1) is 20.4. The minimum absolute atomic E-state index is 0.0675. The number of carbonyl (C=O) groups is 2. The largest absolute Gasteiger partial charge is 0.454 e. The van der Waals surface area contributed by atoms with Gasteiger partial charge in [-0.25, -0.2) is 0 Å². The summed E-state index contributed by atoms with van der Waals surface area (Å²) in [6.07, 6.45) is 2.08. The van der Waals surface area contributed by atoms with E-state index in [-0.39, 0.29) is 29.7 Å². The number of ether oxygens (including phenoxy) is 2. The van der Waals surface area contributed by atoms with E-state index in [4.69, 9.17) is 9.47 Å². The number of hydrogen-bond donors (Lipinski definition) is 1. The molecule has 0 aliphatic carbocycles. The maximum atomic E-state index is 12.9. The van der Waals surface area contributed by atoms with Crippen molar-refractivity contribution in [2.45, 2.75) is 32.2 Å². The Kier molecular flexibility index (Phi) is 5.48. The lowest BCUT2D eigenvalue weighted by molar-refractivity contribution is -0.131. The van der Waals surface area contributed by atoms with Crippen LogP contribution in [0.1, 0.15) is 44.8 Å². The van der Waals surface area contributed by atoms with Gasteiger partial charge in [0.2, 0.25) is 17.7 Å². The molecule has 2 aromatic carbocycles. The van der Waals surface area contributed by atoms with Crippen LogP contribution in [0.15, 0.2) is 42.5 Å². The van der Waals surface area contributed by atoms with Crippen LogP contribution < -0.4 is 14.8 Å². The second-order valence-corrected chi connectivity index (χ2v) is 8.88. The summed E-state index contributed by atoms with van der Waals surface area (Å²) >= 11 is 1.23. The highest BCUT2D eigenvalue weighted by Crippen LogP contribution is 2.36.